The molecule has 1 aromatic heterocycles. The van der Waals surface area contributed by atoms with Gasteiger partial charge in [0.1, 0.15) is 0 Å². The predicted molar refractivity (Wildman–Crippen MR) is 84.9 cm³/mol. The molecular formula is C15H15N3OS. The Morgan fingerprint density at radius 1 is 1.15 bits per heavy atom. The maximum absolute atomic E-state index is 5.99. The Bertz CT molecular complexity index is 752. The first-order valence-corrected chi connectivity index (χ1v) is 7.01. The highest BCUT2D eigenvalue weighted by Crippen LogP contribution is 2.37. The van der Waals surface area contributed by atoms with Crippen molar-refractivity contribution in [2.24, 2.45) is 0 Å². The van der Waals surface area contributed by atoms with Gasteiger partial charge >= 0.3 is 0 Å². The van der Waals surface area contributed by atoms with Gasteiger partial charge in [0.25, 0.3) is 0 Å². The molecule has 2 N–H and O–H groups in total. The van der Waals surface area contributed by atoms with Gasteiger partial charge in [-0.15, -0.1) is 0 Å². The largest absolute Gasteiger partial charge is 0.442 e. The van der Waals surface area contributed by atoms with Crippen molar-refractivity contribution in [3.05, 3.63) is 42.5 Å². The van der Waals surface area contributed by atoms with E-state index >= 15 is 0 Å². The first-order chi connectivity index (χ1) is 9.65. The van der Waals surface area contributed by atoms with Crippen molar-refractivity contribution in [2.45, 2.75) is 0 Å². The first-order valence-electron chi connectivity index (χ1n) is 6.24. The van der Waals surface area contributed by atoms with Crippen LogP contribution in [0.15, 0.2) is 42.5 Å². The van der Waals surface area contributed by atoms with Crippen molar-refractivity contribution in [1.82, 2.24) is 4.37 Å². The maximum atomic E-state index is 5.99. The van der Waals surface area contributed by atoms with Crippen LogP contribution in [0.5, 0.6) is 10.8 Å². The number of aromatic nitrogens is 1. The van der Waals surface area contributed by atoms with Crippen molar-refractivity contribution < 1.29 is 4.74 Å². The minimum absolute atomic E-state index is 0.619. The van der Waals surface area contributed by atoms with Crippen LogP contribution in [0.25, 0.3) is 10.9 Å². The van der Waals surface area contributed by atoms with Crippen molar-refractivity contribution >= 4 is 33.8 Å². The van der Waals surface area contributed by atoms with Crippen LogP contribution < -0.4 is 15.4 Å². The molecule has 20 heavy (non-hydrogen) atoms. The number of rotatable bonds is 3. The molecule has 3 aromatic rings. The highest BCUT2D eigenvalue weighted by molar-refractivity contribution is 7.09. The Labute approximate surface area is 121 Å². The Hall–Kier alpha value is -2.27. The lowest BCUT2D eigenvalue weighted by Gasteiger charge is -2.15. The number of ether oxygens (including phenoxy) is 1. The molecule has 0 bridgehead atoms. The van der Waals surface area contributed by atoms with Crippen molar-refractivity contribution in [3.8, 4) is 10.8 Å². The summed E-state index contributed by atoms with van der Waals surface area (Å²) < 4.78 is 10.3. The fourth-order valence-electron chi connectivity index (χ4n) is 1.93. The zero-order chi connectivity index (χ0) is 14.1. The molecule has 3 rings (SSSR count). The van der Waals surface area contributed by atoms with E-state index in [1.807, 2.05) is 61.5 Å². The van der Waals surface area contributed by atoms with Gasteiger partial charge in [-0.3, -0.25) is 0 Å². The molecule has 0 aliphatic heterocycles. The third-order valence-corrected chi connectivity index (χ3v) is 3.82. The van der Waals surface area contributed by atoms with E-state index in [2.05, 4.69) is 4.37 Å². The van der Waals surface area contributed by atoms with Crippen molar-refractivity contribution in [1.29, 1.82) is 0 Å². The van der Waals surface area contributed by atoms with E-state index in [4.69, 9.17) is 10.5 Å². The van der Waals surface area contributed by atoms with E-state index in [0.717, 1.165) is 21.7 Å². The molecule has 0 unspecified atom stereocenters. The third kappa shape index (κ3) is 2.28. The summed E-state index contributed by atoms with van der Waals surface area (Å²) in [6.07, 6.45) is 0. The molecule has 0 radical (unpaired) electrons. The lowest BCUT2D eigenvalue weighted by molar-refractivity contribution is 0.504. The SMILES string of the molecule is CN(C)c1ccc(N)c(Oc2snc3ccccc23)c1. The van der Waals surface area contributed by atoms with Gasteiger partial charge in [-0.25, -0.2) is 0 Å². The Morgan fingerprint density at radius 2 is 1.95 bits per heavy atom. The van der Waals surface area contributed by atoms with Crippen LogP contribution in [0.1, 0.15) is 0 Å². The van der Waals surface area contributed by atoms with Gasteiger partial charge in [-0.05, 0) is 24.3 Å². The number of anilines is 2. The fourth-order valence-corrected chi connectivity index (χ4v) is 2.67. The molecular weight excluding hydrogens is 270 g/mol. The maximum Gasteiger partial charge on any atom is 0.208 e. The molecule has 0 aliphatic carbocycles. The minimum Gasteiger partial charge on any atom is -0.442 e. The highest BCUT2D eigenvalue weighted by Gasteiger charge is 2.10. The monoisotopic (exact) mass is 285 g/mol. The average molecular weight is 285 g/mol. The summed E-state index contributed by atoms with van der Waals surface area (Å²) in [5.41, 5.74) is 8.59. The predicted octanol–water partition coefficient (Wildman–Crippen LogP) is 3.74. The molecule has 0 spiro atoms. The van der Waals surface area contributed by atoms with E-state index in [1.54, 1.807) is 0 Å². The van der Waals surface area contributed by atoms with E-state index in [0.29, 0.717) is 11.4 Å². The summed E-state index contributed by atoms with van der Waals surface area (Å²) >= 11 is 1.34. The van der Waals surface area contributed by atoms with E-state index in [-0.39, 0.29) is 0 Å². The summed E-state index contributed by atoms with van der Waals surface area (Å²) in [4.78, 5) is 2.01. The quantitative estimate of drug-likeness (QED) is 0.745. The zero-order valence-corrected chi connectivity index (χ0v) is 12.1. The van der Waals surface area contributed by atoms with Crippen molar-refractivity contribution in [3.63, 3.8) is 0 Å². The van der Waals surface area contributed by atoms with Gasteiger partial charge in [0.05, 0.1) is 16.6 Å². The summed E-state index contributed by atoms with van der Waals surface area (Å²) in [5.74, 6) is 0.658. The van der Waals surface area contributed by atoms with Gasteiger partial charge in [-0.2, -0.15) is 4.37 Å². The van der Waals surface area contributed by atoms with Crippen LogP contribution in [-0.4, -0.2) is 18.5 Å². The van der Waals surface area contributed by atoms with Gasteiger partial charge < -0.3 is 15.4 Å². The average Bonchev–Trinajstić information content (AvgIpc) is 2.84. The Morgan fingerprint density at radius 3 is 2.75 bits per heavy atom. The second-order valence-electron chi connectivity index (χ2n) is 4.71. The first kappa shape index (κ1) is 12.7. The fraction of sp³-hybridized carbons (Fsp3) is 0.133. The van der Waals surface area contributed by atoms with Crippen LogP contribution in [0.4, 0.5) is 11.4 Å². The van der Waals surface area contributed by atoms with Gasteiger partial charge in [0.2, 0.25) is 5.06 Å². The number of hydrogen-bond donors (Lipinski definition) is 1. The highest BCUT2D eigenvalue weighted by atomic mass is 32.1. The minimum atomic E-state index is 0.619. The molecule has 102 valence electrons. The normalized spacial score (nSPS) is 10.7. The second kappa shape index (κ2) is 5.02. The molecule has 0 amide bonds. The molecule has 4 nitrogen and oxygen atoms in total. The van der Waals surface area contributed by atoms with Gasteiger partial charge in [0, 0.05) is 37.4 Å². The van der Waals surface area contributed by atoms with Gasteiger partial charge in [0.15, 0.2) is 5.75 Å². The molecule has 1 heterocycles. The topological polar surface area (TPSA) is 51.4 Å². The van der Waals surface area contributed by atoms with E-state index in [9.17, 15) is 0 Å². The summed E-state index contributed by atoms with van der Waals surface area (Å²) in [6.45, 7) is 0. The Balaban J connectivity index is 2.00. The second-order valence-corrected chi connectivity index (χ2v) is 5.44. The van der Waals surface area contributed by atoms with Crippen LogP contribution >= 0.6 is 11.5 Å². The number of benzene rings is 2. The number of nitrogen functional groups attached to an aromatic ring is 1. The summed E-state index contributed by atoms with van der Waals surface area (Å²) in [5, 5.41) is 1.77. The molecule has 0 fully saturated rings. The molecule has 0 atom stereocenters. The molecule has 0 aliphatic rings. The molecule has 0 saturated heterocycles. The van der Waals surface area contributed by atoms with Crippen LogP contribution in [0, 0.1) is 0 Å². The number of fused-ring (bicyclic) bond motifs is 1. The third-order valence-electron chi connectivity index (χ3n) is 3.07. The number of nitrogens with two attached hydrogens (primary N) is 1. The van der Waals surface area contributed by atoms with Crippen LogP contribution in [0.2, 0.25) is 0 Å². The summed E-state index contributed by atoms with van der Waals surface area (Å²) in [7, 11) is 3.97. The molecule has 5 heteroatoms. The van der Waals surface area contributed by atoms with E-state index < -0.39 is 0 Å². The lowest BCUT2D eigenvalue weighted by Crippen LogP contribution is -2.08. The van der Waals surface area contributed by atoms with Gasteiger partial charge in [-0.1, -0.05) is 12.1 Å². The summed E-state index contributed by atoms with van der Waals surface area (Å²) in [6, 6.07) is 13.7. The lowest BCUT2D eigenvalue weighted by atomic mass is 10.2. The van der Waals surface area contributed by atoms with E-state index in [1.165, 1.54) is 11.5 Å². The number of hydrogen-bond acceptors (Lipinski definition) is 5. The Kier molecular flexibility index (Phi) is 3.20. The number of nitrogens with zero attached hydrogens (tertiary/aromatic N) is 2. The van der Waals surface area contributed by atoms with Crippen LogP contribution in [0.3, 0.4) is 0 Å². The molecule has 2 aromatic carbocycles. The molecule has 0 saturated carbocycles. The van der Waals surface area contributed by atoms with Crippen molar-refractivity contribution in [2.75, 3.05) is 24.7 Å². The standard InChI is InChI=1S/C15H15N3OS/c1-18(2)10-7-8-12(16)14(9-10)19-15-11-5-3-4-6-13(11)17-20-15/h3-9H,16H2,1-2H3. The smallest absolute Gasteiger partial charge is 0.208 e. The van der Waals surface area contributed by atoms with Crippen LogP contribution in [-0.2, 0) is 0 Å². The zero-order valence-electron chi connectivity index (χ0n) is 11.3.